The van der Waals surface area contributed by atoms with Crippen molar-refractivity contribution < 1.29 is 9.53 Å². The lowest BCUT2D eigenvalue weighted by Crippen LogP contribution is -2.13. The number of aryl methyl sites for hydroxylation is 2. The van der Waals surface area contributed by atoms with E-state index in [0.717, 1.165) is 39.4 Å². The average molecular weight is 399 g/mol. The van der Waals surface area contributed by atoms with E-state index in [1.165, 1.54) is 5.56 Å². The van der Waals surface area contributed by atoms with Gasteiger partial charge in [-0.05, 0) is 31.9 Å². The van der Waals surface area contributed by atoms with Gasteiger partial charge in [0.15, 0.2) is 5.65 Å². The van der Waals surface area contributed by atoms with E-state index < -0.39 is 0 Å². The van der Waals surface area contributed by atoms with Crippen LogP contribution in [0.3, 0.4) is 0 Å². The molecule has 5 heteroatoms. The lowest BCUT2D eigenvalue weighted by molar-refractivity contribution is -0.142. The summed E-state index contributed by atoms with van der Waals surface area (Å²) in [6.07, 6.45) is 0.906. The molecular formula is C25H25N3O2. The third-order valence-electron chi connectivity index (χ3n) is 5.30. The van der Waals surface area contributed by atoms with Crippen LogP contribution >= 0.6 is 0 Å². The highest BCUT2D eigenvalue weighted by Gasteiger charge is 2.21. The highest BCUT2D eigenvalue weighted by atomic mass is 16.5. The molecular weight excluding hydrogens is 374 g/mol. The Kier molecular flexibility index (Phi) is 5.61. The predicted molar refractivity (Wildman–Crippen MR) is 117 cm³/mol. The Hall–Kier alpha value is -3.47. The molecule has 152 valence electrons. The van der Waals surface area contributed by atoms with Crippen LogP contribution < -0.4 is 0 Å². The van der Waals surface area contributed by atoms with Crippen LogP contribution in [0, 0.1) is 13.8 Å². The summed E-state index contributed by atoms with van der Waals surface area (Å²) in [5.41, 5.74) is 7.72. The van der Waals surface area contributed by atoms with E-state index in [-0.39, 0.29) is 12.4 Å². The second-order valence-electron chi connectivity index (χ2n) is 7.33. The highest BCUT2D eigenvalue weighted by molar-refractivity contribution is 5.81. The maximum absolute atomic E-state index is 12.1. The van der Waals surface area contributed by atoms with Crippen LogP contribution in [0.25, 0.3) is 16.8 Å². The van der Waals surface area contributed by atoms with E-state index in [9.17, 15) is 4.79 Å². The lowest BCUT2D eigenvalue weighted by Gasteiger charge is -2.11. The van der Waals surface area contributed by atoms with Crippen molar-refractivity contribution >= 4 is 11.6 Å². The zero-order chi connectivity index (χ0) is 21.1. The lowest BCUT2D eigenvalue weighted by atomic mass is 10.0. The smallest absolute Gasteiger partial charge is 0.310 e. The normalized spacial score (nSPS) is 11.0. The fourth-order valence-corrected chi connectivity index (χ4v) is 3.83. The summed E-state index contributed by atoms with van der Waals surface area (Å²) in [6.45, 7) is 6.12. The molecule has 0 aliphatic carbocycles. The van der Waals surface area contributed by atoms with Crippen LogP contribution in [-0.4, -0.2) is 27.2 Å². The number of hydrogen-bond donors (Lipinski definition) is 0. The van der Waals surface area contributed by atoms with Crippen LogP contribution in [0.1, 0.15) is 35.1 Å². The van der Waals surface area contributed by atoms with E-state index >= 15 is 0 Å². The summed E-state index contributed by atoms with van der Waals surface area (Å²) < 4.78 is 7.03. The van der Waals surface area contributed by atoms with E-state index in [1.54, 1.807) is 0 Å². The number of nitrogens with zero attached hydrogens (tertiary/aromatic N) is 3. The molecule has 2 aromatic carbocycles. The molecule has 0 amide bonds. The molecule has 4 aromatic rings. The number of aromatic nitrogens is 3. The Balaban J connectivity index is 1.89. The molecule has 0 spiro atoms. The van der Waals surface area contributed by atoms with Crippen molar-refractivity contribution in [2.24, 2.45) is 0 Å². The van der Waals surface area contributed by atoms with Gasteiger partial charge < -0.3 is 4.74 Å². The molecule has 0 bridgehead atoms. The number of ether oxygens (including phenoxy) is 1. The fourth-order valence-electron chi connectivity index (χ4n) is 3.83. The summed E-state index contributed by atoms with van der Waals surface area (Å²) in [7, 11) is 0. The number of rotatable bonds is 6. The predicted octanol–water partition coefficient (Wildman–Crippen LogP) is 4.71. The van der Waals surface area contributed by atoms with Crippen molar-refractivity contribution in [2.75, 3.05) is 6.61 Å². The molecule has 0 fully saturated rings. The minimum atomic E-state index is -0.246. The first-order chi connectivity index (χ1) is 14.6. The second kappa shape index (κ2) is 8.49. The summed E-state index contributed by atoms with van der Waals surface area (Å²) in [5, 5.41) is 4.94. The first kappa shape index (κ1) is 19.8. The Morgan fingerprint density at radius 1 is 1.00 bits per heavy atom. The number of fused-ring (bicyclic) bond motifs is 1. The molecule has 0 radical (unpaired) electrons. The molecule has 0 N–H and O–H groups in total. The molecule has 0 atom stereocenters. The van der Waals surface area contributed by atoms with Crippen molar-refractivity contribution in [2.45, 2.75) is 33.6 Å². The van der Waals surface area contributed by atoms with Crippen LogP contribution in [0.15, 0.2) is 60.7 Å². The van der Waals surface area contributed by atoms with Crippen molar-refractivity contribution in [3.05, 3.63) is 88.9 Å². The minimum absolute atomic E-state index is 0.197. The average Bonchev–Trinajstić information content (AvgIpc) is 3.10. The SMILES string of the molecule is CCOC(=O)Cc1c(C)nc2c(-c3ccccc3)c(Cc3ccccc3)nn2c1C. The van der Waals surface area contributed by atoms with Gasteiger partial charge in [0.05, 0.1) is 24.3 Å². The van der Waals surface area contributed by atoms with Gasteiger partial charge in [-0.15, -0.1) is 0 Å². The van der Waals surface area contributed by atoms with E-state index in [2.05, 4.69) is 24.3 Å². The zero-order valence-electron chi connectivity index (χ0n) is 17.6. The van der Waals surface area contributed by atoms with Gasteiger partial charge in [-0.2, -0.15) is 5.10 Å². The molecule has 0 aliphatic heterocycles. The van der Waals surface area contributed by atoms with Crippen LogP contribution in [0.4, 0.5) is 0 Å². The Morgan fingerprint density at radius 2 is 1.67 bits per heavy atom. The first-order valence-corrected chi connectivity index (χ1v) is 10.2. The van der Waals surface area contributed by atoms with Gasteiger partial charge in [0, 0.05) is 23.4 Å². The van der Waals surface area contributed by atoms with Gasteiger partial charge in [0.2, 0.25) is 0 Å². The minimum Gasteiger partial charge on any atom is -0.466 e. The molecule has 0 saturated heterocycles. The maximum Gasteiger partial charge on any atom is 0.310 e. The van der Waals surface area contributed by atoms with Gasteiger partial charge in [0.1, 0.15) is 0 Å². The van der Waals surface area contributed by atoms with Gasteiger partial charge in [-0.1, -0.05) is 60.7 Å². The van der Waals surface area contributed by atoms with E-state index in [0.29, 0.717) is 13.0 Å². The quantitative estimate of drug-likeness (QED) is 0.441. The summed E-state index contributed by atoms with van der Waals surface area (Å²) in [5.74, 6) is -0.246. The van der Waals surface area contributed by atoms with Crippen molar-refractivity contribution in [1.29, 1.82) is 0 Å². The molecule has 4 rings (SSSR count). The van der Waals surface area contributed by atoms with Crippen LogP contribution in [0.2, 0.25) is 0 Å². The Bertz CT molecular complexity index is 1180. The van der Waals surface area contributed by atoms with E-state index in [1.807, 2.05) is 61.7 Å². The number of benzene rings is 2. The fraction of sp³-hybridized carbons (Fsp3) is 0.240. The zero-order valence-corrected chi connectivity index (χ0v) is 17.6. The molecule has 5 nitrogen and oxygen atoms in total. The third-order valence-corrected chi connectivity index (χ3v) is 5.30. The molecule has 0 unspecified atom stereocenters. The van der Waals surface area contributed by atoms with Gasteiger partial charge in [-0.3, -0.25) is 4.79 Å². The number of carbonyl (C=O) groups is 1. The van der Waals surface area contributed by atoms with Crippen molar-refractivity contribution in [1.82, 2.24) is 14.6 Å². The number of carbonyl (C=O) groups excluding carboxylic acids is 1. The number of hydrogen-bond acceptors (Lipinski definition) is 4. The van der Waals surface area contributed by atoms with Crippen molar-refractivity contribution in [3.63, 3.8) is 0 Å². The topological polar surface area (TPSA) is 56.5 Å². The summed E-state index contributed by atoms with van der Waals surface area (Å²) in [4.78, 5) is 17.0. The monoisotopic (exact) mass is 399 g/mol. The molecule has 0 saturated carbocycles. The Labute approximate surface area is 176 Å². The second-order valence-corrected chi connectivity index (χ2v) is 7.33. The molecule has 0 aliphatic rings. The molecule has 30 heavy (non-hydrogen) atoms. The first-order valence-electron chi connectivity index (χ1n) is 10.2. The van der Waals surface area contributed by atoms with Gasteiger partial charge in [0.25, 0.3) is 0 Å². The van der Waals surface area contributed by atoms with Crippen molar-refractivity contribution in [3.8, 4) is 11.1 Å². The third kappa shape index (κ3) is 3.83. The summed E-state index contributed by atoms with van der Waals surface area (Å²) >= 11 is 0. The van der Waals surface area contributed by atoms with Crippen LogP contribution in [-0.2, 0) is 22.4 Å². The summed E-state index contributed by atoms with van der Waals surface area (Å²) in [6, 6.07) is 20.5. The highest BCUT2D eigenvalue weighted by Crippen LogP contribution is 2.31. The number of esters is 1. The standard InChI is InChI=1S/C25H25N3O2/c1-4-30-23(29)16-21-17(2)26-25-24(20-13-9-6-10-14-20)22(27-28(25)18(21)3)15-19-11-7-5-8-12-19/h5-14H,4,15-16H2,1-3H3. The maximum atomic E-state index is 12.1. The molecule has 2 aromatic heterocycles. The van der Waals surface area contributed by atoms with Crippen LogP contribution in [0.5, 0.6) is 0 Å². The van der Waals surface area contributed by atoms with Gasteiger partial charge >= 0.3 is 5.97 Å². The largest absolute Gasteiger partial charge is 0.466 e. The van der Waals surface area contributed by atoms with Gasteiger partial charge in [-0.25, -0.2) is 9.50 Å². The molecule has 2 heterocycles. The van der Waals surface area contributed by atoms with E-state index in [4.69, 9.17) is 14.8 Å². The Morgan fingerprint density at radius 3 is 2.33 bits per heavy atom.